The van der Waals surface area contributed by atoms with Crippen molar-refractivity contribution >= 4 is 23.5 Å². The monoisotopic (exact) mass is 586 g/mol. The molecule has 0 bridgehead atoms. The number of carbonyl (C=O) groups is 2. The average Bonchev–Trinajstić information content (AvgIpc) is 2.40. The van der Waals surface area contributed by atoms with E-state index in [2.05, 4.69) is 5.32 Å². The first kappa shape index (κ1) is 41.0. The number of unbranched alkanes of at least 4 members (excludes halogenated alkanes) is 1. The molecule has 0 rings (SSSR count). The molecule has 0 fully saturated rings. The number of Topliss-reactive ketones (excluding diaryl/α,β-unsaturated/α-hetero) is 1. The Morgan fingerprint density at radius 2 is 1.61 bits per heavy atom. The number of hydrogen-bond donors (Lipinski definition) is 2. The number of nitrogens with two attached hydrogens (primary N) is 1. The van der Waals surface area contributed by atoms with Crippen LogP contribution in [0.5, 0.6) is 0 Å². The predicted octanol–water partition coefficient (Wildman–Crippen LogP) is -2.73. The zero-order chi connectivity index (χ0) is 15.1. The maximum absolute atomic E-state index is 11.6. The van der Waals surface area contributed by atoms with Gasteiger partial charge in [0.15, 0.2) is 5.78 Å². The largest absolute Gasteiger partial charge is 1.00 e. The number of amides is 1. The molecule has 0 aliphatic heterocycles. The Hall–Kier alpha value is 3.55. The van der Waals surface area contributed by atoms with Crippen LogP contribution in [-0.4, -0.2) is 36.3 Å². The van der Waals surface area contributed by atoms with E-state index in [1.54, 1.807) is 11.8 Å². The van der Waals surface area contributed by atoms with Gasteiger partial charge in [-0.2, -0.15) is 11.8 Å². The van der Waals surface area contributed by atoms with Gasteiger partial charge in [-0.25, -0.2) is 0 Å². The molecule has 1 atom stereocenters. The van der Waals surface area contributed by atoms with Crippen LogP contribution in [-0.2, 0) is 9.59 Å². The normalized spacial score (nSPS) is 9.26. The topological polar surface area (TPSA) is 72.2 Å². The second-order valence-corrected chi connectivity index (χ2v) is 5.10. The first-order chi connectivity index (χ1) is 9.11. The van der Waals surface area contributed by atoms with Gasteiger partial charge in [0.2, 0.25) is 5.91 Å². The van der Waals surface area contributed by atoms with Crippen LogP contribution in [0.25, 0.3) is 0 Å². The molecule has 1 amide bonds. The molecule has 0 spiro atoms. The van der Waals surface area contributed by atoms with Crippen molar-refractivity contribution in [3.8, 4) is 0 Å². The summed E-state index contributed by atoms with van der Waals surface area (Å²) in [7, 11) is 0. The fraction of sp³-hybridized carbons (Fsp3) is 0.750. The molecule has 0 aromatic carbocycles. The molecule has 3 N–H and O–H groups in total. The molecule has 0 aromatic rings. The van der Waals surface area contributed by atoms with Gasteiger partial charge in [0, 0.05) is 6.42 Å². The zero-order valence-electron chi connectivity index (χ0n) is 16.8. The van der Waals surface area contributed by atoms with E-state index >= 15 is 0 Å². The molecular formula is C16H36Cs2N2O2S. The Bertz CT molecular complexity index is 246. The molecular weight excluding hydrogens is 550 g/mol. The molecule has 23 heavy (non-hydrogen) atoms. The van der Waals surface area contributed by atoms with Crippen LogP contribution in [0.1, 0.15) is 52.9 Å². The van der Waals surface area contributed by atoms with Crippen LogP contribution in [0.2, 0.25) is 0 Å². The van der Waals surface area contributed by atoms with E-state index < -0.39 is 0 Å². The summed E-state index contributed by atoms with van der Waals surface area (Å²) < 4.78 is 0. The van der Waals surface area contributed by atoms with Crippen LogP contribution in [0.3, 0.4) is 0 Å². The van der Waals surface area contributed by atoms with Gasteiger partial charge in [0.25, 0.3) is 0 Å². The minimum absolute atomic E-state index is 0. The predicted molar refractivity (Wildman–Crippen MR) is 97.3 cm³/mol. The van der Waals surface area contributed by atoms with Crippen LogP contribution < -0.4 is 149 Å². The Balaban J connectivity index is -0.000000115. The molecule has 0 saturated carbocycles. The van der Waals surface area contributed by atoms with Crippen molar-refractivity contribution in [2.75, 3.05) is 18.6 Å². The maximum Gasteiger partial charge on any atom is 1.00 e. The Morgan fingerprint density at radius 1 is 1.09 bits per heavy atom. The molecule has 0 radical (unpaired) electrons. The van der Waals surface area contributed by atoms with Crippen LogP contribution in [0.15, 0.2) is 0 Å². The first-order valence-corrected chi connectivity index (χ1v) is 8.50. The number of nitrogens with one attached hydrogen (secondary N) is 1. The van der Waals surface area contributed by atoms with Gasteiger partial charge in [0.1, 0.15) is 0 Å². The van der Waals surface area contributed by atoms with Gasteiger partial charge in [0.05, 0.1) is 6.04 Å². The average molecular weight is 586 g/mol. The molecule has 0 saturated heterocycles. The van der Waals surface area contributed by atoms with E-state index in [0.29, 0.717) is 19.4 Å². The van der Waals surface area contributed by atoms with Crippen molar-refractivity contribution in [3.05, 3.63) is 14.9 Å². The summed E-state index contributed by atoms with van der Waals surface area (Å²) in [5, 5.41) is 2.80. The fourth-order valence-corrected chi connectivity index (χ4v) is 1.95. The van der Waals surface area contributed by atoms with E-state index in [9.17, 15) is 9.59 Å². The quantitative estimate of drug-likeness (QED) is 0.216. The van der Waals surface area contributed by atoms with E-state index in [1.807, 2.05) is 20.1 Å². The summed E-state index contributed by atoms with van der Waals surface area (Å²) in [5.41, 5.74) is 5.40. The van der Waals surface area contributed by atoms with Gasteiger partial charge in [-0.15, -0.1) is 0 Å². The number of thioether (sulfide) groups is 1. The summed E-state index contributed by atoms with van der Waals surface area (Å²) in [4.78, 5) is 22.9. The van der Waals surface area contributed by atoms with Crippen molar-refractivity contribution in [1.29, 1.82) is 0 Å². The van der Waals surface area contributed by atoms with Crippen molar-refractivity contribution in [2.45, 2.75) is 58.9 Å². The molecule has 4 nitrogen and oxygen atoms in total. The third-order valence-electron chi connectivity index (χ3n) is 2.53. The third-order valence-corrected chi connectivity index (χ3v) is 3.22. The smallest absolute Gasteiger partial charge is 0.358 e. The van der Waals surface area contributed by atoms with Gasteiger partial charge in [-0.3, -0.25) is 9.59 Å². The second kappa shape index (κ2) is 33.2. The summed E-state index contributed by atoms with van der Waals surface area (Å²) >= 11 is 1.72. The van der Waals surface area contributed by atoms with Crippen LogP contribution in [0, 0.1) is 14.9 Å². The third kappa shape index (κ3) is 30.5. The van der Waals surface area contributed by atoms with Gasteiger partial charge in [-0.1, -0.05) is 13.8 Å². The Morgan fingerprint density at radius 3 is 2.00 bits per heavy atom. The van der Waals surface area contributed by atoms with Crippen LogP contribution >= 0.6 is 11.8 Å². The number of hydrogen-bond acceptors (Lipinski definition) is 4. The SMILES string of the molecule is CC.CSCCCC(=O)NC(CCCCN)C(C)=O.[CH3-].[CH3-].[Cs+].[Cs+]. The van der Waals surface area contributed by atoms with E-state index in [4.69, 9.17) is 5.73 Å². The van der Waals surface area contributed by atoms with Crippen molar-refractivity contribution in [1.82, 2.24) is 5.32 Å². The van der Waals surface area contributed by atoms with Gasteiger partial charge in [-0.05, 0) is 51.2 Å². The molecule has 1 unspecified atom stereocenters. The van der Waals surface area contributed by atoms with E-state index in [0.717, 1.165) is 25.0 Å². The summed E-state index contributed by atoms with van der Waals surface area (Å²) in [6.07, 6.45) is 5.85. The minimum atomic E-state index is -0.330. The molecule has 0 aromatic heterocycles. The maximum atomic E-state index is 11.6. The van der Waals surface area contributed by atoms with Gasteiger partial charge >= 0.3 is 138 Å². The molecule has 0 heterocycles. The second-order valence-electron chi connectivity index (χ2n) is 4.11. The first-order valence-electron chi connectivity index (χ1n) is 7.10. The molecule has 0 aliphatic rings. The van der Waals surface area contributed by atoms with Crippen molar-refractivity contribution in [2.24, 2.45) is 5.73 Å². The standard InChI is InChI=1S/C12H24N2O2S.C2H6.2CH3.2Cs/c1-10(15)11(6-3-4-8-13)14-12(16)7-5-9-17-2;1-2;;;;/h11H,3-9,13H2,1-2H3,(H,14,16);1-2H3;2*1H3;;/q;;2*-1;2*+1. The van der Waals surface area contributed by atoms with Crippen LogP contribution in [0.4, 0.5) is 0 Å². The van der Waals surface area contributed by atoms with Crippen molar-refractivity contribution in [3.63, 3.8) is 0 Å². The zero-order valence-corrected chi connectivity index (χ0v) is 30.2. The van der Waals surface area contributed by atoms with E-state index in [1.165, 1.54) is 6.92 Å². The molecule has 0 aliphatic carbocycles. The summed E-state index contributed by atoms with van der Waals surface area (Å²) in [6.45, 7) is 6.15. The minimum Gasteiger partial charge on any atom is -0.358 e. The molecule has 130 valence electrons. The summed E-state index contributed by atoms with van der Waals surface area (Å²) in [6, 6.07) is -0.330. The number of carbonyl (C=O) groups excluding carboxylic acids is 2. The summed E-state index contributed by atoms with van der Waals surface area (Å²) in [5.74, 6) is 0.984. The van der Waals surface area contributed by atoms with Crippen molar-refractivity contribution < 1.29 is 147 Å². The Kier molecular flexibility index (Phi) is 59.2. The fourth-order valence-electron chi connectivity index (χ4n) is 1.51. The Labute approximate surface area is 267 Å². The van der Waals surface area contributed by atoms with Gasteiger partial charge < -0.3 is 25.9 Å². The number of rotatable bonds is 10. The van der Waals surface area contributed by atoms with E-state index in [-0.39, 0.29) is 170 Å². The number of ketones is 1. The molecule has 7 heteroatoms.